The van der Waals surface area contributed by atoms with Crippen LogP contribution in [0.25, 0.3) is 0 Å². The zero-order chi connectivity index (χ0) is 7.68. The third-order valence-corrected chi connectivity index (χ3v) is 1.86. The molecule has 1 aliphatic carbocycles. The van der Waals surface area contributed by atoms with Crippen molar-refractivity contribution in [3.8, 4) is 0 Å². The first kappa shape index (κ1) is 6.85. The Kier molecular flexibility index (Phi) is 1.66. The number of aliphatic hydroxyl groups excluding tert-OH is 1. The average Bonchev–Trinajstić information content (AvgIpc) is 2.75. The SMILES string of the molecule is OCCc1cnc(C2CC2)o1. The fraction of sp³-hybridized carbons (Fsp3) is 0.625. The molecule has 0 bridgehead atoms. The molecule has 1 heterocycles. The van der Waals surface area contributed by atoms with Gasteiger partial charge >= 0.3 is 0 Å². The van der Waals surface area contributed by atoms with Crippen LogP contribution in [0.5, 0.6) is 0 Å². The molecule has 0 saturated heterocycles. The summed E-state index contributed by atoms with van der Waals surface area (Å²) in [4.78, 5) is 4.12. The minimum Gasteiger partial charge on any atom is -0.445 e. The molecule has 3 nitrogen and oxygen atoms in total. The highest BCUT2D eigenvalue weighted by atomic mass is 16.4. The van der Waals surface area contributed by atoms with Crippen molar-refractivity contribution in [2.75, 3.05) is 6.61 Å². The van der Waals surface area contributed by atoms with Gasteiger partial charge in [0.15, 0.2) is 5.89 Å². The molecular weight excluding hydrogens is 142 g/mol. The molecule has 2 rings (SSSR count). The molecule has 1 fully saturated rings. The van der Waals surface area contributed by atoms with Crippen molar-refractivity contribution < 1.29 is 9.52 Å². The van der Waals surface area contributed by atoms with E-state index in [4.69, 9.17) is 9.52 Å². The third-order valence-electron chi connectivity index (χ3n) is 1.86. The van der Waals surface area contributed by atoms with Crippen LogP contribution in [0.1, 0.15) is 30.4 Å². The van der Waals surface area contributed by atoms with Crippen LogP contribution in [0.4, 0.5) is 0 Å². The van der Waals surface area contributed by atoms with E-state index < -0.39 is 0 Å². The van der Waals surface area contributed by atoms with E-state index in [1.54, 1.807) is 6.20 Å². The first-order chi connectivity index (χ1) is 5.40. The molecule has 0 amide bonds. The monoisotopic (exact) mass is 153 g/mol. The highest BCUT2D eigenvalue weighted by Gasteiger charge is 2.28. The summed E-state index contributed by atoms with van der Waals surface area (Å²) in [6.07, 6.45) is 4.71. The molecule has 0 atom stereocenters. The Balaban J connectivity index is 2.06. The summed E-state index contributed by atoms with van der Waals surface area (Å²) in [5.74, 6) is 2.23. The highest BCUT2D eigenvalue weighted by molar-refractivity contribution is 5.04. The number of aromatic nitrogens is 1. The molecule has 0 unspecified atom stereocenters. The van der Waals surface area contributed by atoms with Gasteiger partial charge in [-0.15, -0.1) is 0 Å². The molecule has 0 radical (unpaired) electrons. The van der Waals surface area contributed by atoms with Crippen LogP contribution in [-0.2, 0) is 6.42 Å². The number of hydrogen-bond donors (Lipinski definition) is 1. The van der Waals surface area contributed by atoms with E-state index in [-0.39, 0.29) is 6.61 Å². The maximum absolute atomic E-state index is 8.60. The fourth-order valence-electron chi connectivity index (χ4n) is 1.07. The van der Waals surface area contributed by atoms with Crippen LogP contribution in [0, 0.1) is 0 Å². The lowest BCUT2D eigenvalue weighted by molar-refractivity contribution is 0.286. The lowest BCUT2D eigenvalue weighted by Gasteiger charge is -1.88. The van der Waals surface area contributed by atoms with Gasteiger partial charge in [-0.25, -0.2) is 4.98 Å². The van der Waals surface area contributed by atoms with Crippen molar-refractivity contribution in [2.24, 2.45) is 0 Å². The van der Waals surface area contributed by atoms with Gasteiger partial charge in [-0.1, -0.05) is 0 Å². The average molecular weight is 153 g/mol. The first-order valence-electron chi connectivity index (χ1n) is 3.95. The maximum atomic E-state index is 8.60. The molecule has 1 N–H and O–H groups in total. The molecule has 1 saturated carbocycles. The van der Waals surface area contributed by atoms with E-state index in [2.05, 4.69) is 4.98 Å². The Hall–Kier alpha value is -0.830. The fourth-order valence-corrected chi connectivity index (χ4v) is 1.07. The largest absolute Gasteiger partial charge is 0.445 e. The quantitative estimate of drug-likeness (QED) is 0.707. The summed E-state index contributed by atoms with van der Waals surface area (Å²) >= 11 is 0. The van der Waals surface area contributed by atoms with Crippen molar-refractivity contribution >= 4 is 0 Å². The zero-order valence-electron chi connectivity index (χ0n) is 6.29. The second kappa shape index (κ2) is 2.66. The molecule has 1 aromatic rings. The minimum atomic E-state index is 0.138. The van der Waals surface area contributed by atoms with Crippen molar-refractivity contribution in [2.45, 2.75) is 25.2 Å². The standard InChI is InChI=1S/C8H11NO2/c10-4-3-7-5-9-8(11-7)6-1-2-6/h5-6,10H,1-4H2. The zero-order valence-corrected chi connectivity index (χ0v) is 6.29. The van der Waals surface area contributed by atoms with Gasteiger partial charge in [0.25, 0.3) is 0 Å². The lowest BCUT2D eigenvalue weighted by atomic mass is 10.4. The molecule has 11 heavy (non-hydrogen) atoms. The van der Waals surface area contributed by atoms with Crippen LogP contribution in [0.2, 0.25) is 0 Å². The van der Waals surface area contributed by atoms with E-state index >= 15 is 0 Å². The normalized spacial score (nSPS) is 17.2. The lowest BCUT2D eigenvalue weighted by Crippen LogP contribution is -1.86. The maximum Gasteiger partial charge on any atom is 0.197 e. The van der Waals surface area contributed by atoms with Crippen LogP contribution in [-0.4, -0.2) is 16.7 Å². The first-order valence-corrected chi connectivity index (χ1v) is 3.95. The molecule has 1 aliphatic rings. The van der Waals surface area contributed by atoms with E-state index in [9.17, 15) is 0 Å². The van der Waals surface area contributed by atoms with Gasteiger partial charge in [0.1, 0.15) is 5.76 Å². The topological polar surface area (TPSA) is 46.3 Å². The highest BCUT2D eigenvalue weighted by Crippen LogP contribution is 2.39. The van der Waals surface area contributed by atoms with Crippen molar-refractivity contribution in [3.63, 3.8) is 0 Å². The van der Waals surface area contributed by atoms with Crippen LogP contribution >= 0.6 is 0 Å². The number of rotatable bonds is 3. The molecule has 3 heteroatoms. The van der Waals surface area contributed by atoms with Gasteiger partial charge in [-0.3, -0.25) is 0 Å². The van der Waals surface area contributed by atoms with Crippen LogP contribution < -0.4 is 0 Å². The molecule has 0 aromatic carbocycles. The smallest absolute Gasteiger partial charge is 0.197 e. The minimum absolute atomic E-state index is 0.138. The van der Waals surface area contributed by atoms with Crippen molar-refractivity contribution in [3.05, 3.63) is 17.8 Å². The van der Waals surface area contributed by atoms with E-state index in [1.807, 2.05) is 0 Å². The molecule has 1 aromatic heterocycles. The summed E-state index contributed by atoms with van der Waals surface area (Å²) in [5.41, 5.74) is 0. The molecule has 0 aliphatic heterocycles. The number of hydrogen-bond acceptors (Lipinski definition) is 3. The Morgan fingerprint density at radius 2 is 2.45 bits per heavy atom. The Bertz CT molecular complexity index is 240. The van der Waals surface area contributed by atoms with Crippen molar-refractivity contribution in [1.29, 1.82) is 0 Å². The second-order valence-corrected chi connectivity index (χ2v) is 2.91. The van der Waals surface area contributed by atoms with E-state index in [0.29, 0.717) is 12.3 Å². The molecule has 0 spiro atoms. The summed E-state index contributed by atoms with van der Waals surface area (Å²) in [6, 6.07) is 0. The van der Waals surface area contributed by atoms with Gasteiger partial charge in [-0.05, 0) is 12.8 Å². The summed E-state index contributed by atoms with van der Waals surface area (Å²) in [7, 11) is 0. The van der Waals surface area contributed by atoms with E-state index in [1.165, 1.54) is 12.8 Å². The van der Waals surface area contributed by atoms with E-state index in [0.717, 1.165) is 11.7 Å². The Morgan fingerprint density at radius 3 is 3.09 bits per heavy atom. The molecular formula is C8H11NO2. The number of oxazole rings is 1. The summed E-state index contributed by atoms with van der Waals surface area (Å²) < 4.78 is 5.38. The van der Waals surface area contributed by atoms with Crippen molar-refractivity contribution in [1.82, 2.24) is 4.98 Å². The van der Waals surface area contributed by atoms with Gasteiger partial charge < -0.3 is 9.52 Å². The number of aliphatic hydroxyl groups is 1. The second-order valence-electron chi connectivity index (χ2n) is 2.91. The predicted molar refractivity (Wildman–Crippen MR) is 39.3 cm³/mol. The predicted octanol–water partition coefficient (Wildman–Crippen LogP) is 1.09. The molecule has 60 valence electrons. The van der Waals surface area contributed by atoms with Gasteiger partial charge in [-0.2, -0.15) is 0 Å². The van der Waals surface area contributed by atoms with Gasteiger partial charge in [0.2, 0.25) is 0 Å². The Labute approximate surface area is 65.1 Å². The summed E-state index contributed by atoms with van der Waals surface area (Å²) in [5, 5.41) is 8.60. The summed E-state index contributed by atoms with van der Waals surface area (Å²) in [6.45, 7) is 0.138. The van der Waals surface area contributed by atoms with Gasteiger partial charge in [0.05, 0.1) is 12.8 Å². The van der Waals surface area contributed by atoms with Gasteiger partial charge in [0, 0.05) is 12.3 Å². The Morgan fingerprint density at radius 1 is 1.64 bits per heavy atom. The third kappa shape index (κ3) is 1.43. The van der Waals surface area contributed by atoms with Crippen LogP contribution in [0.15, 0.2) is 10.6 Å². The number of nitrogens with zero attached hydrogens (tertiary/aromatic N) is 1. The van der Waals surface area contributed by atoms with Crippen LogP contribution in [0.3, 0.4) is 0 Å².